The Kier molecular flexibility index (Phi) is 7.99. The molecular formula is C30H39N3O4. The highest BCUT2D eigenvalue weighted by Crippen LogP contribution is 2.33. The molecule has 37 heavy (non-hydrogen) atoms. The van der Waals surface area contributed by atoms with Gasteiger partial charge in [0.25, 0.3) is 5.91 Å². The molecule has 4 saturated heterocycles. The summed E-state index contributed by atoms with van der Waals surface area (Å²) in [6.07, 6.45) is 6.33. The van der Waals surface area contributed by atoms with Gasteiger partial charge in [0.15, 0.2) is 0 Å². The van der Waals surface area contributed by atoms with E-state index in [2.05, 4.69) is 18.7 Å². The van der Waals surface area contributed by atoms with E-state index in [4.69, 9.17) is 9.47 Å². The predicted octanol–water partition coefficient (Wildman–Crippen LogP) is 5.80. The Hall–Kier alpha value is -3.06. The number of amides is 2. The fourth-order valence-corrected chi connectivity index (χ4v) is 6.04. The lowest BCUT2D eigenvalue weighted by Crippen LogP contribution is -2.49. The zero-order valence-electron chi connectivity index (χ0n) is 22.1. The van der Waals surface area contributed by atoms with E-state index in [1.165, 1.54) is 6.42 Å². The van der Waals surface area contributed by atoms with Crippen LogP contribution in [0.15, 0.2) is 48.5 Å². The Morgan fingerprint density at radius 3 is 2.22 bits per heavy atom. The van der Waals surface area contributed by atoms with Gasteiger partial charge in [0.2, 0.25) is 0 Å². The van der Waals surface area contributed by atoms with Crippen molar-refractivity contribution in [2.24, 2.45) is 5.92 Å². The van der Waals surface area contributed by atoms with Crippen LogP contribution in [-0.2, 0) is 0 Å². The van der Waals surface area contributed by atoms with Crippen molar-refractivity contribution in [1.82, 2.24) is 14.7 Å². The molecule has 1 atom stereocenters. The van der Waals surface area contributed by atoms with Crippen molar-refractivity contribution in [3.05, 3.63) is 54.1 Å². The number of benzene rings is 2. The molecule has 2 aromatic carbocycles. The lowest BCUT2D eigenvalue weighted by Gasteiger charge is -2.38. The van der Waals surface area contributed by atoms with Crippen LogP contribution in [0.5, 0.6) is 17.2 Å². The normalized spacial score (nSPS) is 23.4. The van der Waals surface area contributed by atoms with Crippen LogP contribution >= 0.6 is 0 Å². The lowest BCUT2D eigenvalue weighted by atomic mass is 9.89. The summed E-state index contributed by atoms with van der Waals surface area (Å²) in [5.74, 6) is 2.29. The van der Waals surface area contributed by atoms with Crippen molar-refractivity contribution >= 4 is 12.0 Å². The number of likely N-dealkylation sites (tertiary alicyclic amines) is 1. The van der Waals surface area contributed by atoms with E-state index in [-0.39, 0.29) is 24.1 Å². The smallest absolute Gasteiger partial charge is 0.415 e. The van der Waals surface area contributed by atoms with Gasteiger partial charge in [-0.05, 0) is 108 Å². The molecule has 0 saturated carbocycles. The Morgan fingerprint density at radius 1 is 0.838 bits per heavy atom. The van der Waals surface area contributed by atoms with Crippen LogP contribution in [0, 0.1) is 5.92 Å². The van der Waals surface area contributed by atoms with Gasteiger partial charge in [0, 0.05) is 43.3 Å². The first kappa shape index (κ1) is 25.6. The maximum absolute atomic E-state index is 13.4. The summed E-state index contributed by atoms with van der Waals surface area (Å²) >= 11 is 0. The van der Waals surface area contributed by atoms with Crippen LogP contribution in [0.2, 0.25) is 0 Å². The van der Waals surface area contributed by atoms with Crippen LogP contribution in [-0.4, -0.2) is 71.5 Å². The van der Waals surface area contributed by atoms with Gasteiger partial charge in [-0.15, -0.1) is 0 Å². The largest absolute Gasteiger partial charge is 0.457 e. The molecule has 0 radical (unpaired) electrons. The van der Waals surface area contributed by atoms with Crippen molar-refractivity contribution in [2.75, 3.05) is 32.7 Å². The highest BCUT2D eigenvalue weighted by atomic mass is 16.6. The highest BCUT2D eigenvalue weighted by Gasteiger charge is 2.38. The van der Waals surface area contributed by atoms with Crippen LogP contribution in [0.3, 0.4) is 0 Å². The molecule has 2 bridgehead atoms. The van der Waals surface area contributed by atoms with E-state index < -0.39 is 0 Å². The summed E-state index contributed by atoms with van der Waals surface area (Å²) in [7, 11) is 0. The molecule has 7 heteroatoms. The number of carbonyl (C=O) groups is 2. The topological polar surface area (TPSA) is 62.3 Å². The number of piperidine rings is 2. The number of ether oxygens (including phenoxy) is 2. The molecule has 0 spiro atoms. The maximum atomic E-state index is 13.4. The molecule has 1 unspecified atom stereocenters. The molecule has 0 N–H and O–H groups in total. The summed E-state index contributed by atoms with van der Waals surface area (Å²) in [5.41, 5.74) is 0.676. The van der Waals surface area contributed by atoms with Gasteiger partial charge in [0.1, 0.15) is 17.2 Å². The first-order chi connectivity index (χ1) is 18.0. The third-order valence-corrected chi connectivity index (χ3v) is 8.03. The number of hydrogen-bond acceptors (Lipinski definition) is 5. The fourth-order valence-electron chi connectivity index (χ4n) is 6.04. The van der Waals surface area contributed by atoms with E-state index in [0.717, 1.165) is 64.8 Å². The summed E-state index contributed by atoms with van der Waals surface area (Å²) in [5, 5.41) is 0. The first-order valence-electron chi connectivity index (χ1n) is 13.9. The third-order valence-electron chi connectivity index (χ3n) is 8.03. The SMILES string of the molecule is CC(C)N(C(=O)Oc1cccc(Oc2ccc(C(=O)N3CCCCC3)cc2)c1)C1CCN2CCC1CC2. The van der Waals surface area contributed by atoms with Gasteiger partial charge in [-0.25, -0.2) is 4.79 Å². The number of rotatable bonds is 6. The number of hydrogen-bond donors (Lipinski definition) is 0. The van der Waals surface area contributed by atoms with Crippen LogP contribution in [0.1, 0.15) is 62.7 Å². The molecule has 6 rings (SSSR count). The van der Waals surface area contributed by atoms with E-state index >= 15 is 0 Å². The monoisotopic (exact) mass is 505 g/mol. The molecular weight excluding hydrogens is 466 g/mol. The van der Waals surface area contributed by atoms with Crippen molar-refractivity contribution in [3.63, 3.8) is 0 Å². The van der Waals surface area contributed by atoms with Gasteiger partial charge >= 0.3 is 6.09 Å². The molecule has 0 aliphatic carbocycles. The average molecular weight is 506 g/mol. The summed E-state index contributed by atoms with van der Waals surface area (Å²) in [4.78, 5) is 32.5. The van der Waals surface area contributed by atoms with Gasteiger partial charge in [-0.2, -0.15) is 0 Å². The molecule has 4 aliphatic rings. The lowest BCUT2D eigenvalue weighted by molar-refractivity contribution is 0.0724. The first-order valence-corrected chi connectivity index (χ1v) is 13.9. The molecule has 198 valence electrons. The van der Waals surface area contributed by atoms with Crippen LogP contribution in [0.4, 0.5) is 4.79 Å². The Morgan fingerprint density at radius 2 is 1.51 bits per heavy atom. The molecule has 4 aliphatic heterocycles. The molecule has 4 heterocycles. The fraction of sp³-hybridized carbons (Fsp3) is 0.533. The second-order valence-electron chi connectivity index (χ2n) is 10.9. The van der Waals surface area contributed by atoms with Gasteiger partial charge in [0.05, 0.1) is 0 Å². The Bertz CT molecular complexity index is 1070. The zero-order valence-corrected chi connectivity index (χ0v) is 22.1. The number of fused-ring (bicyclic) bond motifs is 4. The Labute approximate surface area is 220 Å². The van der Waals surface area contributed by atoms with Gasteiger partial charge in [-0.3, -0.25) is 4.79 Å². The minimum absolute atomic E-state index is 0.0650. The van der Waals surface area contributed by atoms with Gasteiger partial charge < -0.3 is 24.2 Å². The minimum atomic E-state index is -0.293. The zero-order chi connectivity index (χ0) is 25.8. The molecule has 7 nitrogen and oxygen atoms in total. The quantitative estimate of drug-likeness (QED) is 0.497. The standard InChI is InChI=1S/C30H39N3O4/c1-22(2)33(28-15-20-31-18-13-23(28)14-19-31)30(35)37-27-8-6-7-26(21-27)36-25-11-9-24(10-12-25)29(34)32-16-4-3-5-17-32/h6-12,21-23,28H,3-5,13-20H2,1-2H3. The predicted molar refractivity (Wildman–Crippen MR) is 143 cm³/mol. The van der Waals surface area contributed by atoms with Crippen molar-refractivity contribution in [1.29, 1.82) is 0 Å². The van der Waals surface area contributed by atoms with Crippen LogP contribution in [0.25, 0.3) is 0 Å². The summed E-state index contributed by atoms with van der Waals surface area (Å²) in [6.45, 7) is 9.11. The maximum Gasteiger partial charge on any atom is 0.415 e. The second-order valence-corrected chi connectivity index (χ2v) is 10.9. The Balaban J connectivity index is 1.23. The minimum Gasteiger partial charge on any atom is -0.457 e. The summed E-state index contributed by atoms with van der Waals surface area (Å²) in [6, 6.07) is 14.7. The van der Waals surface area contributed by atoms with E-state index in [9.17, 15) is 9.59 Å². The van der Waals surface area contributed by atoms with Crippen LogP contribution < -0.4 is 9.47 Å². The second kappa shape index (κ2) is 11.5. The van der Waals surface area contributed by atoms with E-state index in [1.54, 1.807) is 12.1 Å². The third kappa shape index (κ3) is 6.09. The van der Waals surface area contributed by atoms with Crippen molar-refractivity contribution in [3.8, 4) is 17.2 Å². The van der Waals surface area contributed by atoms with E-state index in [0.29, 0.717) is 28.7 Å². The molecule has 2 amide bonds. The summed E-state index contributed by atoms with van der Waals surface area (Å²) < 4.78 is 11.9. The molecule has 0 aromatic heterocycles. The molecule has 4 fully saturated rings. The number of carbonyl (C=O) groups excluding carboxylic acids is 2. The average Bonchev–Trinajstić information content (AvgIpc) is 3.23. The highest BCUT2D eigenvalue weighted by molar-refractivity contribution is 5.94. The molecule has 2 aromatic rings. The van der Waals surface area contributed by atoms with E-state index in [1.807, 2.05) is 46.2 Å². The number of nitrogens with zero attached hydrogens (tertiary/aromatic N) is 3. The van der Waals surface area contributed by atoms with Crippen molar-refractivity contribution < 1.29 is 19.1 Å². The van der Waals surface area contributed by atoms with Crippen molar-refractivity contribution in [2.45, 2.75) is 64.5 Å². The van der Waals surface area contributed by atoms with Gasteiger partial charge in [-0.1, -0.05) is 6.07 Å².